The molecule has 222 valence electrons. The number of rotatable bonds is 3. The van der Waals surface area contributed by atoms with Gasteiger partial charge in [0.2, 0.25) is 0 Å². The first-order chi connectivity index (χ1) is 17.6. The summed E-state index contributed by atoms with van der Waals surface area (Å²) in [6.07, 6.45) is -16.4. The van der Waals surface area contributed by atoms with Gasteiger partial charge in [0.05, 0.1) is 22.0 Å². The number of aromatic hydroxyl groups is 1. The van der Waals surface area contributed by atoms with Crippen LogP contribution < -0.4 is 4.74 Å². The second-order valence-electron chi connectivity index (χ2n) is 6.09. The zero-order valence-electron chi connectivity index (χ0n) is 18.0. The topological polar surface area (TPSA) is 176 Å². The fourth-order valence-electron chi connectivity index (χ4n) is 1.63. The maximum atomic E-state index is 11.8. The number of nitro benzene ring substituents is 2. The van der Waals surface area contributed by atoms with Crippen LogP contribution in [0.15, 0.2) is 48.5 Å². The van der Waals surface area contributed by atoms with Gasteiger partial charge in [0.1, 0.15) is 11.5 Å². The van der Waals surface area contributed by atoms with Gasteiger partial charge in [-0.1, -0.05) is 19.6 Å². The number of hydrogen-bond donors (Lipinski definition) is 1. The second-order valence-corrected chi connectivity index (χ2v) is 6.09. The molecule has 0 aliphatic rings. The lowest BCUT2D eigenvalue weighted by molar-refractivity contribution is -0.385. The minimum Gasteiger partial charge on any atom is -0.508 e. The van der Waals surface area contributed by atoms with Gasteiger partial charge in [-0.2, -0.15) is 39.5 Å². The Kier molecular flexibility index (Phi) is 13.8. The molecule has 40 heavy (non-hydrogen) atoms. The third kappa shape index (κ3) is 14.1. The summed E-state index contributed by atoms with van der Waals surface area (Å²) in [5.74, 6) is -9.44. The molecule has 12 nitrogen and oxygen atoms in total. The highest BCUT2D eigenvalue weighted by Gasteiger charge is 2.49. The molecule has 1 N–H and O–H groups in total. The van der Waals surface area contributed by atoms with Gasteiger partial charge in [0, 0.05) is 12.1 Å². The van der Waals surface area contributed by atoms with E-state index in [1.807, 2.05) is 0 Å². The van der Waals surface area contributed by atoms with Crippen molar-refractivity contribution in [2.24, 2.45) is 0 Å². The first-order valence-electron chi connectivity index (χ1n) is 8.92. The number of carbonyl (C=O) groups is 3. The van der Waals surface area contributed by atoms with Gasteiger partial charge in [0.15, 0.2) is 0 Å². The molecule has 0 atom stereocenters. The van der Waals surface area contributed by atoms with Crippen molar-refractivity contribution in [3.05, 3.63) is 68.8 Å². The quantitative estimate of drug-likeness (QED) is 0.123. The highest BCUT2D eigenvalue weighted by molar-refractivity contribution is 5.90. The number of halogens is 9. The smallest absolute Gasteiger partial charge is 0.491 e. The third-order valence-electron chi connectivity index (χ3n) is 3.16. The number of benzene rings is 2. The van der Waals surface area contributed by atoms with Gasteiger partial charge in [-0.25, -0.2) is 14.4 Å². The SMILES string of the molecule is C.O=C(OC(=O)C(F)(F)F)C(F)(F)F.O=C(Oc1cccc([N+](=O)[O-])c1)C(F)(F)F.O=[N+]([O-])c1cccc(O)c1. The van der Waals surface area contributed by atoms with E-state index >= 15 is 0 Å². The van der Waals surface area contributed by atoms with Crippen molar-refractivity contribution in [2.45, 2.75) is 26.0 Å². The Balaban J connectivity index is 0. The van der Waals surface area contributed by atoms with E-state index in [1.165, 1.54) is 18.2 Å². The van der Waals surface area contributed by atoms with E-state index in [-0.39, 0.29) is 18.9 Å². The molecule has 2 rings (SSSR count). The van der Waals surface area contributed by atoms with Crippen LogP contribution in [0.25, 0.3) is 0 Å². The van der Waals surface area contributed by atoms with Gasteiger partial charge >= 0.3 is 36.4 Å². The van der Waals surface area contributed by atoms with E-state index in [2.05, 4.69) is 9.47 Å². The molecular weight excluding hydrogens is 587 g/mol. The Morgan fingerprint density at radius 3 is 1.38 bits per heavy atom. The van der Waals surface area contributed by atoms with Crippen LogP contribution in [0, 0.1) is 20.2 Å². The van der Waals surface area contributed by atoms with Crippen molar-refractivity contribution in [2.75, 3.05) is 0 Å². The first kappa shape index (κ1) is 37.2. The number of non-ortho nitro benzene ring substituents is 2. The summed E-state index contributed by atoms with van der Waals surface area (Å²) in [4.78, 5) is 48.7. The summed E-state index contributed by atoms with van der Waals surface area (Å²) in [5.41, 5.74) is -0.563. The third-order valence-corrected chi connectivity index (χ3v) is 3.16. The number of nitro groups is 2. The number of esters is 3. The summed E-state index contributed by atoms with van der Waals surface area (Å²) < 4.78 is 109. The van der Waals surface area contributed by atoms with Crippen LogP contribution in [0.4, 0.5) is 50.9 Å². The molecule has 21 heteroatoms. The van der Waals surface area contributed by atoms with Crippen LogP contribution in [0.2, 0.25) is 0 Å². The summed E-state index contributed by atoms with van der Waals surface area (Å²) >= 11 is 0. The Morgan fingerprint density at radius 1 is 0.675 bits per heavy atom. The van der Waals surface area contributed by atoms with Crippen molar-refractivity contribution in [3.63, 3.8) is 0 Å². The lowest BCUT2D eigenvalue weighted by Gasteiger charge is -2.06. The van der Waals surface area contributed by atoms with Crippen LogP contribution in [0.5, 0.6) is 11.5 Å². The van der Waals surface area contributed by atoms with Crippen LogP contribution in [-0.2, 0) is 19.1 Å². The molecule has 0 aliphatic heterocycles. The van der Waals surface area contributed by atoms with Crippen molar-refractivity contribution in [1.82, 2.24) is 0 Å². The fourth-order valence-corrected chi connectivity index (χ4v) is 1.63. The van der Waals surface area contributed by atoms with Crippen LogP contribution in [-0.4, -0.2) is 51.4 Å². The summed E-state index contributed by atoms with van der Waals surface area (Å²) in [7, 11) is 0. The van der Waals surface area contributed by atoms with E-state index in [0.717, 1.165) is 30.3 Å². The van der Waals surface area contributed by atoms with Crippen molar-refractivity contribution in [3.8, 4) is 11.5 Å². The van der Waals surface area contributed by atoms with Crippen LogP contribution in [0.3, 0.4) is 0 Å². The average molecular weight is 600 g/mol. The fraction of sp³-hybridized carbons (Fsp3) is 0.211. The minimum atomic E-state index is -5.62. The van der Waals surface area contributed by atoms with Crippen molar-refractivity contribution in [1.29, 1.82) is 0 Å². The molecule has 2 aromatic rings. The summed E-state index contributed by atoms with van der Waals surface area (Å²) in [5, 5.41) is 29.1. The Morgan fingerprint density at radius 2 is 1.05 bits per heavy atom. The predicted molar refractivity (Wildman–Crippen MR) is 109 cm³/mol. The number of alkyl halides is 9. The predicted octanol–water partition coefficient (Wildman–Crippen LogP) is 5.18. The maximum absolute atomic E-state index is 11.8. The Labute approximate surface area is 214 Å². The molecule has 0 saturated heterocycles. The van der Waals surface area contributed by atoms with Gasteiger partial charge < -0.3 is 14.6 Å². The molecule has 0 bridgehead atoms. The van der Waals surface area contributed by atoms with E-state index in [9.17, 15) is 74.1 Å². The lowest BCUT2D eigenvalue weighted by atomic mass is 10.3. The van der Waals surface area contributed by atoms with E-state index in [4.69, 9.17) is 5.11 Å². The zero-order chi connectivity index (χ0) is 30.8. The molecule has 0 aromatic heterocycles. The van der Waals surface area contributed by atoms with E-state index in [1.54, 1.807) is 0 Å². The molecule has 2 aromatic carbocycles. The molecule has 0 saturated carbocycles. The molecule has 0 spiro atoms. The van der Waals surface area contributed by atoms with Gasteiger partial charge in [-0.05, 0) is 12.1 Å². The number of nitrogens with zero attached hydrogens (tertiary/aromatic N) is 2. The van der Waals surface area contributed by atoms with Crippen LogP contribution in [0.1, 0.15) is 7.43 Å². The Hall–Kier alpha value is -4.98. The number of phenolic OH excluding ortho intramolecular Hbond substituents is 1. The molecular formula is C19H13F9N2O10. The van der Waals surface area contributed by atoms with Gasteiger partial charge in [-0.15, -0.1) is 0 Å². The van der Waals surface area contributed by atoms with Crippen LogP contribution >= 0.6 is 0 Å². The second kappa shape index (κ2) is 14.8. The number of hydrogen-bond acceptors (Lipinski definition) is 10. The first-order valence-corrected chi connectivity index (χ1v) is 8.92. The number of carbonyl (C=O) groups excluding carboxylic acids is 3. The van der Waals surface area contributed by atoms with Gasteiger partial charge in [-0.3, -0.25) is 20.2 Å². The number of phenols is 1. The lowest BCUT2D eigenvalue weighted by Crippen LogP contribution is -2.34. The van der Waals surface area contributed by atoms with Crippen molar-refractivity contribution >= 4 is 29.3 Å². The zero-order valence-corrected chi connectivity index (χ0v) is 18.0. The Bertz CT molecular complexity index is 1190. The highest BCUT2D eigenvalue weighted by Crippen LogP contribution is 2.24. The standard InChI is InChI=1S/C8H4F3NO4.C6H5NO3.C4F6O3.CH4/c9-8(10,11)7(13)16-6-3-1-2-5(4-6)12(14)15;8-6-3-1-2-5(4-6)7(9)10;5-3(6,7)1(11)13-2(12)4(8,9)10;/h1-4H;1-4,8H;;1H4. The normalized spacial score (nSPS) is 10.7. The molecule has 0 aliphatic carbocycles. The largest absolute Gasteiger partial charge is 0.508 e. The highest BCUT2D eigenvalue weighted by atomic mass is 19.4. The summed E-state index contributed by atoms with van der Waals surface area (Å²) in [6.45, 7) is 0. The minimum absolute atomic E-state index is 0. The average Bonchev–Trinajstić information content (AvgIpc) is 2.78. The van der Waals surface area contributed by atoms with Gasteiger partial charge in [0.25, 0.3) is 11.4 Å². The number of ether oxygens (including phenoxy) is 2. The molecule has 0 heterocycles. The van der Waals surface area contributed by atoms with E-state index < -0.39 is 57.7 Å². The molecule has 0 radical (unpaired) electrons. The summed E-state index contributed by atoms with van der Waals surface area (Å²) in [6, 6.07) is 9.13. The molecule has 0 amide bonds. The molecule has 0 unspecified atom stereocenters. The maximum Gasteiger partial charge on any atom is 0.491 e. The monoisotopic (exact) mass is 600 g/mol. The molecule has 0 fully saturated rings. The van der Waals surface area contributed by atoms with Crippen molar-refractivity contribution < 1.29 is 78.3 Å². The van der Waals surface area contributed by atoms with E-state index in [0.29, 0.717) is 0 Å².